The highest BCUT2D eigenvalue weighted by Gasteiger charge is 2.45. The Labute approximate surface area is 99.1 Å². The maximum atomic E-state index is 11.2. The second-order valence-corrected chi connectivity index (χ2v) is 7.25. The molecule has 16 heavy (non-hydrogen) atoms. The normalized spacial score (nSPS) is 21.1. The molecule has 1 aliphatic rings. The molecule has 5 heteroatoms. The van der Waals surface area contributed by atoms with Crippen molar-refractivity contribution in [3.63, 3.8) is 0 Å². The first kappa shape index (κ1) is 13.9. The molecule has 1 aliphatic carbocycles. The van der Waals surface area contributed by atoms with E-state index in [0.29, 0.717) is 19.0 Å². The predicted molar refractivity (Wildman–Crippen MR) is 67.1 cm³/mol. The zero-order valence-corrected chi connectivity index (χ0v) is 11.4. The maximum absolute atomic E-state index is 11.2. The molecule has 0 aromatic heterocycles. The molecule has 4 nitrogen and oxygen atoms in total. The standard InChI is InChI=1S/C11H24N2O2S/c1-4-11(9-12,10-5-6-10)13(2)7-8-16(3,14)15/h10H,4-9,12H2,1-3H3. The Bertz CT molecular complexity index is 319. The molecule has 0 amide bonds. The Morgan fingerprint density at radius 3 is 2.31 bits per heavy atom. The van der Waals surface area contributed by atoms with Crippen LogP contribution in [-0.2, 0) is 9.84 Å². The Morgan fingerprint density at radius 1 is 1.44 bits per heavy atom. The van der Waals surface area contributed by atoms with Gasteiger partial charge in [0.1, 0.15) is 9.84 Å². The molecule has 0 aliphatic heterocycles. The average Bonchev–Trinajstić information content (AvgIpc) is 3.01. The molecular formula is C11H24N2O2S. The van der Waals surface area contributed by atoms with Gasteiger partial charge in [0.15, 0.2) is 0 Å². The van der Waals surface area contributed by atoms with Crippen molar-refractivity contribution in [2.75, 3.05) is 32.1 Å². The zero-order valence-electron chi connectivity index (χ0n) is 10.6. The zero-order chi connectivity index (χ0) is 12.4. The largest absolute Gasteiger partial charge is 0.329 e. The summed E-state index contributed by atoms with van der Waals surface area (Å²) in [6.07, 6.45) is 4.74. The van der Waals surface area contributed by atoms with Gasteiger partial charge in [-0.2, -0.15) is 0 Å². The molecule has 1 atom stereocenters. The maximum Gasteiger partial charge on any atom is 0.148 e. The summed E-state index contributed by atoms with van der Waals surface area (Å²) in [6.45, 7) is 3.34. The number of nitrogens with two attached hydrogens (primary N) is 1. The summed E-state index contributed by atoms with van der Waals surface area (Å²) in [6, 6.07) is 0. The molecule has 0 aromatic carbocycles. The molecule has 2 N–H and O–H groups in total. The van der Waals surface area contributed by atoms with Crippen molar-refractivity contribution in [3.8, 4) is 0 Å². The van der Waals surface area contributed by atoms with Gasteiger partial charge >= 0.3 is 0 Å². The lowest BCUT2D eigenvalue weighted by atomic mass is 9.88. The molecule has 1 unspecified atom stereocenters. The lowest BCUT2D eigenvalue weighted by molar-refractivity contribution is 0.104. The lowest BCUT2D eigenvalue weighted by Gasteiger charge is -2.41. The van der Waals surface area contributed by atoms with Crippen molar-refractivity contribution in [2.45, 2.75) is 31.7 Å². The van der Waals surface area contributed by atoms with Crippen LogP contribution in [0.3, 0.4) is 0 Å². The number of hydrogen-bond donors (Lipinski definition) is 1. The molecule has 0 aromatic rings. The van der Waals surface area contributed by atoms with E-state index in [2.05, 4.69) is 11.8 Å². The number of rotatable bonds is 7. The monoisotopic (exact) mass is 248 g/mol. The summed E-state index contributed by atoms with van der Waals surface area (Å²) >= 11 is 0. The number of hydrogen-bond acceptors (Lipinski definition) is 4. The molecule has 0 heterocycles. The van der Waals surface area contributed by atoms with Gasteiger partial charge in [0.25, 0.3) is 0 Å². The van der Waals surface area contributed by atoms with Crippen LogP contribution in [0.25, 0.3) is 0 Å². The van der Waals surface area contributed by atoms with E-state index in [-0.39, 0.29) is 11.3 Å². The van der Waals surface area contributed by atoms with Gasteiger partial charge in [-0.1, -0.05) is 6.92 Å². The average molecular weight is 248 g/mol. The van der Waals surface area contributed by atoms with Crippen molar-refractivity contribution in [2.24, 2.45) is 11.7 Å². The molecule has 0 bridgehead atoms. The van der Waals surface area contributed by atoms with Crippen LogP contribution in [0.1, 0.15) is 26.2 Å². The minimum absolute atomic E-state index is 0.0185. The summed E-state index contributed by atoms with van der Waals surface area (Å²) in [7, 11) is -0.884. The highest BCUT2D eigenvalue weighted by molar-refractivity contribution is 7.90. The van der Waals surface area contributed by atoms with Crippen molar-refractivity contribution in [1.82, 2.24) is 4.90 Å². The number of likely N-dealkylation sites (N-methyl/N-ethyl adjacent to an activating group) is 1. The highest BCUT2D eigenvalue weighted by atomic mass is 32.2. The third kappa shape index (κ3) is 3.18. The predicted octanol–water partition coefficient (Wildman–Crippen LogP) is 0.480. The number of nitrogens with zero attached hydrogens (tertiary/aromatic N) is 1. The second kappa shape index (κ2) is 5.02. The fourth-order valence-corrected chi connectivity index (χ4v) is 3.09. The molecule has 1 rings (SSSR count). The molecule has 0 saturated heterocycles. The first-order valence-corrected chi connectivity index (χ1v) is 8.01. The van der Waals surface area contributed by atoms with Gasteiger partial charge in [0.05, 0.1) is 5.75 Å². The van der Waals surface area contributed by atoms with E-state index in [0.717, 1.165) is 6.42 Å². The molecule has 1 fully saturated rings. The summed E-state index contributed by atoms with van der Waals surface area (Å²) in [5.41, 5.74) is 5.93. The fraction of sp³-hybridized carbons (Fsp3) is 1.00. The van der Waals surface area contributed by atoms with E-state index in [1.54, 1.807) is 0 Å². The van der Waals surface area contributed by atoms with E-state index in [1.165, 1.54) is 19.1 Å². The molecular weight excluding hydrogens is 224 g/mol. The molecule has 1 saturated carbocycles. The van der Waals surface area contributed by atoms with Crippen LogP contribution in [0.15, 0.2) is 0 Å². The minimum Gasteiger partial charge on any atom is -0.329 e. The first-order chi connectivity index (χ1) is 7.35. The van der Waals surface area contributed by atoms with Crippen molar-refractivity contribution in [1.29, 1.82) is 0 Å². The van der Waals surface area contributed by atoms with Crippen molar-refractivity contribution >= 4 is 9.84 Å². The van der Waals surface area contributed by atoms with Crippen molar-refractivity contribution in [3.05, 3.63) is 0 Å². The van der Waals surface area contributed by atoms with E-state index in [9.17, 15) is 8.42 Å². The smallest absolute Gasteiger partial charge is 0.148 e. The van der Waals surface area contributed by atoms with E-state index in [4.69, 9.17) is 5.73 Å². The topological polar surface area (TPSA) is 63.4 Å². The van der Waals surface area contributed by atoms with Crippen LogP contribution in [0.4, 0.5) is 0 Å². The summed E-state index contributed by atoms with van der Waals surface area (Å²) in [5, 5.41) is 0. The van der Waals surface area contributed by atoms with Gasteiger partial charge in [-0.3, -0.25) is 4.90 Å². The third-order valence-electron chi connectivity index (χ3n) is 3.86. The summed E-state index contributed by atoms with van der Waals surface area (Å²) in [5.74, 6) is 0.880. The third-order valence-corrected chi connectivity index (χ3v) is 4.78. The summed E-state index contributed by atoms with van der Waals surface area (Å²) in [4.78, 5) is 2.16. The summed E-state index contributed by atoms with van der Waals surface area (Å²) < 4.78 is 22.3. The Balaban J connectivity index is 2.64. The van der Waals surface area contributed by atoms with Gasteiger partial charge < -0.3 is 5.73 Å². The SMILES string of the molecule is CCC(CN)(C1CC1)N(C)CCS(C)(=O)=O. The van der Waals surface area contributed by atoms with Gasteiger partial charge in [-0.15, -0.1) is 0 Å². The van der Waals surface area contributed by atoms with E-state index < -0.39 is 9.84 Å². The van der Waals surface area contributed by atoms with Crippen molar-refractivity contribution < 1.29 is 8.42 Å². The second-order valence-electron chi connectivity index (χ2n) is 4.99. The van der Waals surface area contributed by atoms with Crippen LogP contribution in [0.5, 0.6) is 0 Å². The van der Waals surface area contributed by atoms with Gasteiger partial charge in [0.2, 0.25) is 0 Å². The fourth-order valence-electron chi connectivity index (χ4n) is 2.48. The Morgan fingerprint density at radius 2 is 2.00 bits per heavy atom. The molecule has 0 radical (unpaired) electrons. The van der Waals surface area contributed by atoms with E-state index in [1.807, 2.05) is 7.05 Å². The quantitative estimate of drug-likeness (QED) is 0.712. The first-order valence-electron chi connectivity index (χ1n) is 5.94. The number of sulfone groups is 1. The lowest BCUT2D eigenvalue weighted by Crippen LogP contribution is -2.54. The minimum atomic E-state index is -2.88. The Kier molecular flexibility index (Phi) is 4.37. The Hall–Kier alpha value is -0.130. The van der Waals surface area contributed by atoms with Crippen LogP contribution < -0.4 is 5.73 Å². The van der Waals surface area contributed by atoms with Gasteiger partial charge in [0, 0.05) is 24.9 Å². The van der Waals surface area contributed by atoms with Crippen LogP contribution in [0.2, 0.25) is 0 Å². The van der Waals surface area contributed by atoms with E-state index >= 15 is 0 Å². The molecule has 0 spiro atoms. The van der Waals surface area contributed by atoms with Gasteiger partial charge in [-0.05, 0) is 32.2 Å². The van der Waals surface area contributed by atoms with Gasteiger partial charge in [-0.25, -0.2) is 8.42 Å². The van der Waals surface area contributed by atoms with Crippen LogP contribution >= 0.6 is 0 Å². The van der Waals surface area contributed by atoms with Crippen LogP contribution in [0, 0.1) is 5.92 Å². The highest BCUT2D eigenvalue weighted by Crippen LogP contribution is 2.44. The van der Waals surface area contributed by atoms with Crippen LogP contribution in [-0.4, -0.2) is 51.0 Å². The molecule has 96 valence electrons.